The van der Waals surface area contributed by atoms with E-state index in [4.69, 9.17) is 9.47 Å². The van der Waals surface area contributed by atoms with Gasteiger partial charge in [-0.25, -0.2) is 0 Å². The number of hydrogen-bond acceptors (Lipinski definition) is 3. The highest BCUT2D eigenvalue weighted by Gasteiger charge is 2.32. The van der Waals surface area contributed by atoms with Crippen LogP contribution in [0, 0.1) is 5.92 Å². The Hall–Kier alpha value is -0.120. The lowest BCUT2D eigenvalue weighted by Gasteiger charge is -2.33. The number of likely N-dealkylation sites (N-methyl/N-ethyl adjacent to an activating group) is 1. The molecule has 2 atom stereocenters. The predicted octanol–water partition coefficient (Wildman–Crippen LogP) is 1.18. The molecule has 2 aliphatic rings. The van der Waals surface area contributed by atoms with Crippen LogP contribution in [0.5, 0.6) is 0 Å². The second kappa shape index (κ2) is 5.10. The van der Waals surface area contributed by atoms with E-state index in [2.05, 4.69) is 5.32 Å². The molecule has 2 unspecified atom stereocenters. The third-order valence-corrected chi connectivity index (χ3v) is 3.48. The van der Waals surface area contributed by atoms with Crippen molar-refractivity contribution >= 4 is 0 Å². The van der Waals surface area contributed by atoms with Crippen molar-refractivity contribution in [3.63, 3.8) is 0 Å². The summed E-state index contributed by atoms with van der Waals surface area (Å²) in [5, 5.41) is 3.41. The fourth-order valence-electron chi connectivity index (χ4n) is 2.76. The van der Waals surface area contributed by atoms with Crippen LogP contribution in [-0.4, -0.2) is 39.0 Å². The van der Waals surface area contributed by atoms with Crippen LogP contribution in [0.15, 0.2) is 0 Å². The Balaban J connectivity index is 1.89. The van der Waals surface area contributed by atoms with Gasteiger partial charge in [0.25, 0.3) is 0 Å². The maximum atomic E-state index is 5.76. The first-order valence-corrected chi connectivity index (χ1v) is 5.78. The molecule has 0 aromatic rings. The van der Waals surface area contributed by atoms with Crippen LogP contribution in [0.25, 0.3) is 0 Å². The number of hydrogen-bond donors (Lipinski definition) is 1. The fourth-order valence-corrected chi connectivity index (χ4v) is 2.76. The van der Waals surface area contributed by atoms with Gasteiger partial charge in [0, 0.05) is 6.04 Å². The second-order valence-electron chi connectivity index (χ2n) is 4.34. The first kappa shape index (κ1) is 10.4. The van der Waals surface area contributed by atoms with Crippen LogP contribution in [0.1, 0.15) is 25.7 Å². The molecular formula is C11H21NO2. The smallest absolute Gasteiger partial charge is 0.0964 e. The Morgan fingerprint density at radius 1 is 1.21 bits per heavy atom. The number of rotatable bonds is 3. The van der Waals surface area contributed by atoms with E-state index >= 15 is 0 Å². The molecule has 1 N–H and O–H groups in total. The maximum absolute atomic E-state index is 5.76. The minimum absolute atomic E-state index is 0.275. The lowest BCUT2D eigenvalue weighted by Crippen LogP contribution is -2.48. The standard InChI is InChI=1S/C11H21NO2/c1-12-11(9-4-2-3-5-9)10-8-13-6-7-14-10/h9-12H,2-8H2,1H3. The summed E-state index contributed by atoms with van der Waals surface area (Å²) in [6, 6.07) is 0.498. The Morgan fingerprint density at radius 2 is 2.00 bits per heavy atom. The molecule has 2 fully saturated rings. The summed E-state index contributed by atoms with van der Waals surface area (Å²) in [5.41, 5.74) is 0. The zero-order valence-electron chi connectivity index (χ0n) is 9.00. The summed E-state index contributed by atoms with van der Waals surface area (Å²) in [6.45, 7) is 2.29. The average molecular weight is 199 g/mol. The molecule has 0 bridgehead atoms. The number of nitrogens with one attached hydrogen (secondary N) is 1. The Kier molecular flexibility index (Phi) is 3.79. The van der Waals surface area contributed by atoms with Crippen LogP contribution < -0.4 is 5.32 Å². The molecule has 2 rings (SSSR count). The van der Waals surface area contributed by atoms with Crippen molar-refractivity contribution in [2.45, 2.75) is 37.8 Å². The van der Waals surface area contributed by atoms with Crippen molar-refractivity contribution in [1.82, 2.24) is 5.32 Å². The summed E-state index contributed by atoms with van der Waals surface area (Å²) in [5.74, 6) is 0.798. The van der Waals surface area contributed by atoms with Gasteiger partial charge in [-0.2, -0.15) is 0 Å². The zero-order chi connectivity index (χ0) is 9.80. The van der Waals surface area contributed by atoms with Crippen LogP contribution in [0.3, 0.4) is 0 Å². The van der Waals surface area contributed by atoms with Gasteiger partial charge in [0.1, 0.15) is 0 Å². The topological polar surface area (TPSA) is 30.5 Å². The van der Waals surface area contributed by atoms with Crippen molar-refractivity contribution in [3.05, 3.63) is 0 Å². The third kappa shape index (κ3) is 2.27. The molecule has 0 spiro atoms. The monoisotopic (exact) mass is 199 g/mol. The predicted molar refractivity (Wildman–Crippen MR) is 55.4 cm³/mol. The van der Waals surface area contributed by atoms with Crippen LogP contribution in [0.4, 0.5) is 0 Å². The molecule has 3 nitrogen and oxygen atoms in total. The molecule has 1 heterocycles. The Morgan fingerprint density at radius 3 is 2.57 bits per heavy atom. The second-order valence-corrected chi connectivity index (χ2v) is 4.34. The van der Waals surface area contributed by atoms with Gasteiger partial charge in [-0.15, -0.1) is 0 Å². The van der Waals surface area contributed by atoms with E-state index in [1.165, 1.54) is 25.7 Å². The van der Waals surface area contributed by atoms with Gasteiger partial charge in [0.15, 0.2) is 0 Å². The lowest BCUT2D eigenvalue weighted by molar-refractivity contribution is -0.107. The van der Waals surface area contributed by atoms with Crippen molar-refractivity contribution < 1.29 is 9.47 Å². The van der Waals surface area contributed by atoms with Crippen molar-refractivity contribution in [2.75, 3.05) is 26.9 Å². The van der Waals surface area contributed by atoms with Gasteiger partial charge in [0.2, 0.25) is 0 Å². The van der Waals surface area contributed by atoms with E-state index in [1.54, 1.807) is 0 Å². The largest absolute Gasteiger partial charge is 0.376 e. The molecule has 1 saturated carbocycles. The normalized spacial score (nSPS) is 31.9. The van der Waals surface area contributed by atoms with E-state index in [1.807, 2.05) is 7.05 Å². The average Bonchev–Trinajstić information content (AvgIpc) is 2.74. The van der Waals surface area contributed by atoms with Crippen LogP contribution >= 0.6 is 0 Å². The fraction of sp³-hybridized carbons (Fsp3) is 1.00. The van der Waals surface area contributed by atoms with Gasteiger partial charge >= 0.3 is 0 Å². The Labute approximate surface area is 86.2 Å². The third-order valence-electron chi connectivity index (χ3n) is 3.48. The molecule has 3 heteroatoms. The van der Waals surface area contributed by atoms with Gasteiger partial charge in [-0.05, 0) is 25.8 Å². The van der Waals surface area contributed by atoms with Crippen molar-refractivity contribution in [2.24, 2.45) is 5.92 Å². The number of ether oxygens (including phenoxy) is 2. The van der Waals surface area contributed by atoms with E-state index in [0.29, 0.717) is 6.04 Å². The molecular weight excluding hydrogens is 178 g/mol. The molecule has 0 amide bonds. The van der Waals surface area contributed by atoms with Crippen molar-refractivity contribution in [1.29, 1.82) is 0 Å². The maximum Gasteiger partial charge on any atom is 0.0964 e. The van der Waals surface area contributed by atoms with Gasteiger partial charge in [0.05, 0.1) is 25.9 Å². The van der Waals surface area contributed by atoms with E-state index in [-0.39, 0.29) is 6.10 Å². The summed E-state index contributed by atoms with van der Waals surface area (Å²) < 4.78 is 11.2. The molecule has 1 saturated heterocycles. The van der Waals surface area contributed by atoms with Gasteiger partial charge < -0.3 is 14.8 Å². The zero-order valence-corrected chi connectivity index (χ0v) is 9.00. The van der Waals surface area contributed by atoms with Crippen molar-refractivity contribution in [3.8, 4) is 0 Å². The highest BCUT2D eigenvalue weighted by atomic mass is 16.6. The highest BCUT2D eigenvalue weighted by Crippen LogP contribution is 2.30. The molecule has 14 heavy (non-hydrogen) atoms. The SMILES string of the molecule is CNC(C1CCCC1)C1COCCO1. The minimum atomic E-state index is 0.275. The molecule has 1 aliphatic heterocycles. The first-order chi connectivity index (χ1) is 6.92. The molecule has 82 valence electrons. The Bertz CT molecular complexity index is 163. The molecule has 0 radical (unpaired) electrons. The molecule has 0 aromatic carbocycles. The summed E-state index contributed by atoms with van der Waals surface area (Å²) >= 11 is 0. The molecule has 0 aromatic heterocycles. The van der Waals surface area contributed by atoms with E-state index in [0.717, 1.165) is 25.7 Å². The first-order valence-electron chi connectivity index (χ1n) is 5.78. The summed E-state index contributed by atoms with van der Waals surface area (Å²) in [7, 11) is 2.04. The highest BCUT2D eigenvalue weighted by molar-refractivity contribution is 4.86. The van der Waals surface area contributed by atoms with Crippen LogP contribution in [0.2, 0.25) is 0 Å². The summed E-state index contributed by atoms with van der Waals surface area (Å²) in [4.78, 5) is 0. The lowest BCUT2D eigenvalue weighted by atomic mass is 9.93. The van der Waals surface area contributed by atoms with E-state index < -0.39 is 0 Å². The van der Waals surface area contributed by atoms with Gasteiger partial charge in [-0.3, -0.25) is 0 Å². The minimum Gasteiger partial charge on any atom is -0.376 e. The van der Waals surface area contributed by atoms with Gasteiger partial charge in [-0.1, -0.05) is 12.8 Å². The van der Waals surface area contributed by atoms with Crippen LogP contribution in [-0.2, 0) is 9.47 Å². The molecule has 1 aliphatic carbocycles. The summed E-state index contributed by atoms with van der Waals surface area (Å²) in [6.07, 6.45) is 5.75. The quantitative estimate of drug-likeness (QED) is 0.740. The van der Waals surface area contributed by atoms with E-state index in [9.17, 15) is 0 Å².